The van der Waals surface area contributed by atoms with Gasteiger partial charge in [-0.15, -0.1) is 0 Å². The number of anilines is 1. The second-order valence-corrected chi connectivity index (χ2v) is 6.69. The minimum absolute atomic E-state index is 0.494. The van der Waals surface area contributed by atoms with Crippen molar-refractivity contribution in [2.75, 3.05) is 43.1 Å². The summed E-state index contributed by atoms with van der Waals surface area (Å²) in [7, 11) is 0. The summed E-state index contributed by atoms with van der Waals surface area (Å²) in [4.78, 5) is 11.5. The molecule has 0 amide bonds. The van der Waals surface area contributed by atoms with Crippen LogP contribution in [0.1, 0.15) is 26.2 Å². The van der Waals surface area contributed by atoms with E-state index < -0.39 is 0 Å². The maximum absolute atomic E-state index is 4.68. The Morgan fingerprint density at radius 1 is 1.39 bits per heavy atom. The van der Waals surface area contributed by atoms with Gasteiger partial charge < -0.3 is 15.5 Å². The maximum atomic E-state index is 4.68. The molecule has 1 aliphatic heterocycles. The van der Waals surface area contributed by atoms with Crippen molar-refractivity contribution in [3.8, 4) is 0 Å². The van der Waals surface area contributed by atoms with Gasteiger partial charge in [-0.05, 0) is 50.3 Å². The van der Waals surface area contributed by atoms with E-state index in [1.807, 2.05) is 24.0 Å². The minimum atomic E-state index is 0.494. The number of guanidine groups is 1. The molecule has 0 unspecified atom stereocenters. The Bertz CT molecular complexity index is 457. The molecule has 0 bridgehead atoms. The van der Waals surface area contributed by atoms with Gasteiger partial charge in [-0.1, -0.05) is 6.07 Å². The first-order valence-electron chi connectivity index (χ1n) is 8.53. The number of nitrogens with zero attached hydrogens (tertiary/aromatic N) is 3. The fraction of sp³-hybridized carbons (Fsp3) is 0.647. The summed E-state index contributed by atoms with van der Waals surface area (Å²) in [5, 5.41) is 6.95. The molecule has 2 rings (SSSR count). The Labute approximate surface area is 144 Å². The molecule has 0 saturated carbocycles. The van der Waals surface area contributed by atoms with Gasteiger partial charge in [0, 0.05) is 38.4 Å². The van der Waals surface area contributed by atoms with Crippen molar-refractivity contribution in [2.24, 2.45) is 4.99 Å². The van der Waals surface area contributed by atoms with Gasteiger partial charge in [0.05, 0.1) is 0 Å². The molecule has 0 aliphatic carbocycles. The molecule has 1 fully saturated rings. The number of hydrogen-bond donors (Lipinski definition) is 2. The molecule has 2 N–H and O–H groups in total. The highest BCUT2D eigenvalue weighted by atomic mass is 32.2. The van der Waals surface area contributed by atoms with E-state index in [9.17, 15) is 0 Å². The van der Waals surface area contributed by atoms with Crippen LogP contribution in [0.3, 0.4) is 0 Å². The van der Waals surface area contributed by atoms with Gasteiger partial charge in [-0.3, -0.25) is 4.99 Å². The number of nitrogens with one attached hydrogen (secondary N) is 2. The summed E-state index contributed by atoms with van der Waals surface area (Å²) in [5.74, 6) is 3.22. The van der Waals surface area contributed by atoms with Crippen LogP contribution in [0.15, 0.2) is 29.4 Å². The average molecular weight is 336 g/mol. The first-order chi connectivity index (χ1) is 11.3. The van der Waals surface area contributed by atoms with Crippen LogP contribution in [0, 0.1) is 0 Å². The van der Waals surface area contributed by atoms with Gasteiger partial charge in [0.1, 0.15) is 5.82 Å². The van der Waals surface area contributed by atoms with E-state index in [-0.39, 0.29) is 0 Å². The Balaban J connectivity index is 1.79. The van der Waals surface area contributed by atoms with Gasteiger partial charge in [-0.25, -0.2) is 4.98 Å². The highest BCUT2D eigenvalue weighted by Gasteiger charge is 2.20. The lowest BCUT2D eigenvalue weighted by Crippen LogP contribution is -2.49. The average Bonchev–Trinajstić information content (AvgIpc) is 2.60. The second-order valence-electron chi connectivity index (χ2n) is 5.70. The van der Waals surface area contributed by atoms with Gasteiger partial charge in [-0.2, -0.15) is 11.8 Å². The Morgan fingerprint density at radius 2 is 2.22 bits per heavy atom. The number of rotatable bonds is 7. The van der Waals surface area contributed by atoms with E-state index in [4.69, 9.17) is 0 Å². The molecule has 1 saturated heterocycles. The van der Waals surface area contributed by atoms with Crippen LogP contribution in [0.25, 0.3) is 0 Å². The molecule has 1 aromatic rings. The third-order valence-corrected chi connectivity index (χ3v) is 4.63. The predicted molar refractivity (Wildman–Crippen MR) is 102 cm³/mol. The molecule has 1 aliphatic rings. The predicted octanol–water partition coefficient (Wildman–Crippen LogP) is 2.36. The summed E-state index contributed by atoms with van der Waals surface area (Å²) in [5.41, 5.74) is 0. The van der Waals surface area contributed by atoms with E-state index in [2.05, 4.69) is 50.8 Å². The third-order valence-electron chi connectivity index (χ3n) is 3.93. The van der Waals surface area contributed by atoms with Crippen molar-refractivity contribution < 1.29 is 0 Å². The van der Waals surface area contributed by atoms with E-state index in [0.717, 1.165) is 57.2 Å². The van der Waals surface area contributed by atoms with Crippen LogP contribution in [0.2, 0.25) is 0 Å². The zero-order valence-electron chi connectivity index (χ0n) is 14.3. The van der Waals surface area contributed by atoms with Crippen molar-refractivity contribution in [1.82, 2.24) is 15.6 Å². The summed E-state index contributed by atoms with van der Waals surface area (Å²) in [6.07, 6.45) is 7.38. The Hall–Kier alpha value is -1.43. The first-order valence-corrected chi connectivity index (χ1v) is 9.92. The standard InChI is InChI=1S/C17H29N5S/c1-3-18-17(20-11-6-14-23-2)21-15-8-12-22(13-9-15)16-7-4-5-10-19-16/h4-5,7,10,15H,3,6,8-9,11-14H2,1-2H3,(H2,18,20,21). The van der Waals surface area contributed by atoms with Crippen molar-refractivity contribution in [1.29, 1.82) is 0 Å². The number of thioether (sulfide) groups is 1. The van der Waals surface area contributed by atoms with Crippen LogP contribution < -0.4 is 15.5 Å². The molecule has 128 valence electrons. The Kier molecular flexibility index (Phi) is 8.07. The van der Waals surface area contributed by atoms with Crippen LogP contribution in [-0.4, -0.2) is 55.2 Å². The molecule has 0 aromatic carbocycles. The van der Waals surface area contributed by atoms with Gasteiger partial charge in [0.25, 0.3) is 0 Å². The number of piperidine rings is 1. The molecule has 0 radical (unpaired) electrons. The molecular formula is C17H29N5S. The molecule has 5 nitrogen and oxygen atoms in total. The number of pyridine rings is 1. The number of aromatic nitrogens is 1. The van der Waals surface area contributed by atoms with Gasteiger partial charge >= 0.3 is 0 Å². The Morgan fingerprint density at radius 3 is 2.87 bits per heavy atom. The minimum Gasteiger partial charge on any atom is -0.357 e. The molecule has 23 heavy (non-hydrogen) atoms. The summed E-state index contributed by atoms with van der Waals surface area (Å²) in [6, 6.07) is 6.60. The fourth-order valence-electron chi connectivity index (χ4n) is 2.71. The van der Waals surface area contributed by atoms with Crippen LogP contribution in [-0.2, 0) is 0 Å². The van der Waals surface area contributed by atoms with Crippen LogP contribution in [0.5, 0.6) is 0 Å². The topological polar surface area (TPSA) is 52.6 Å². The molecule has 1 aromatic heterocycles. The molecule has 0 atom stereocenters. The van der Waals surface area contributed by atoms with E-state index in [0.29, 0.717) is 6.04 Å². The lowest BCUT2D eigenvalue weighted by atomic mass is 10.1. The zero-order chi connectivity index (χ0) is 16.3. The highest BCUT2D eigenvalue weighted by Crippen LogP contribution is 2.17. The highest BCUT2D eigenvalue weighted by molar-refractivity contribution is 7.98. The molecule has 0 spiro atoms. The normalized spacial score (nSPS) is 16.4. The van der Waals surface area contributed by atoms with Crippen molar-refractivity contribution in [3.63, 3.8) is 0 Å². The third kappa shape index (κ3) is 6.29. The number of aliphatic imine (C=N–C) groups is 1. The van der Waals surface area contributed by atoms with Crippen molar-refractivity contribution in [2.45, 2.75) is 32.2 Å². The van der Waals surface area contributed by atoms with Crippen molar-refractivity contribution >= 4 is 23.5 Å². The quantitative estimate of drug-likeness (QED) is 0.455. The van der Waals surface area contributed by atoms with Crippen molar-refractivity contribution in [3.05, 3.63) is 24.4 Å². The fourth-order valence-corrected chi connectivity index (χ4v) is 3.12. The lowest BCUT2D eigenvalue weighted by Gasteiger charge is -2.33. The first kappa shape index (κ1) is 17.9. The molecule has 6 heteroatoms. The number of hydrogen-bond acceptors (Lipinski definition) is 4. The van der Waals surface area contributed by atoms with Gasteiger partial charge in [0.2, 0.25) is 0 Å². The second kappa shape index (κ2) is 10.4. The summed E-state index contributed by atoms with van der Waals surface area (Å²) in [6.45, 7) is 5.99. The molecular weight excluding hydrogens is 306 g/mol. The SMILES string of the molecule is CCNC(=NCCCSC)NC1CCN(c2ccccn2)CC1. The maximum Gasteiger partial charge on any atom is 0.191 e. The smallest absolute Gasteiger partial charge is 0.191 e. The van der Waals surface area contributed by atoms with Gasteiger partial charge in [0.15, 0.2) is 5.96 Å². The lowest BCUT2D eigenvalue weighted by molar-refractivity contribution is 0.459. The monoisotopic (exact) mass is 335 g/mol. The van der Waals surface area contributed by atoms with E-state index in [1.54, 1.807) is 0 Å². The summed E-state index contributed by atoms with van der Waals surface area (Å²) < 4.78 is 0. The molecule has 2 heterocycles. The summed E-state index contributed by atoms with van der Waals surface area (Å²) >= 11 is 1.88. The van der Waals surface area contributed by atoms with E-state index in [1.165, 1.54) is 5.75 Å². The van der Waals surface area contributed by atoms with Crippen LogP contribution in [0.4, 0.5) is 5.82 Å². The zero-order valence-corrected chi connectivity index (χ0v) is 15.1. The largest absolute Gasteiger partial charge is 0.357 e. The van der Waals surface area contributed by atoms with Crippen LogP contribution >= 0.6 is 11.8 Å². The van der Waals surface area contributed by atoms with E-state index >= 15 is 0 Å².